The highest BCUT2D eigenvalue weighted by Crippen LogP contribution is 2.40. The van der Waals surface area contributed by atoms with E-state index in [4.69, 9.17) is 9.47 Å². The van der Waals surface area contributed by atoms with E-state index in [1.165, 1.54) is 13.2 Å². The van der Waals surface area contributed by atoms with Crippen LogP contribution in [0.4, 0.5) is 9.18 Å². The third kappa shape index (κ3) is 4.40. The molecule has 4 rings (SSSR count). The number of aromatic amines is 1. The van der Waals surface area contributed by atoms with Gasteiger partial charge in [0.15, 0.2) is 6.29 Å². The fraction of sp³-hybridized carbons (Fsp3) is 0.370. The molecule has 0 radical (unpaired) electrons. The first-order valence-electron chi connectivity index (χ1n) is 11.5. The minimum atomic E-state index is -0.727. The number of nitrogens with zero attached hydrogens (tertiary/aromatic N) is 1. The number of aromatic nitrogens is 1. The van der Waals surface area contributed by atoms with Crippen LogP contribution in [0.25, 0.3) is 22.2 Å². The monoisotopic (exact) mass is 480 g/mol. The number of amides is 1. The molecular formula is C27H29FN2O5. The molecule has 1 N–H and O–H groups in total. The second-order valence-electron chi connectivity index (χ2n) is 9.99. The van der Waals surface area contributed by atoms with Crippen molar-refractivity contribution in [2.75, 3.05) is 13.7 Å². The molecule has 8 heteroatoms. The predicted octanol–water partition coefficient (Wildman–Crippen LogP) is 5.82. The van der Waals surface area contributed by atoms with Gasteiger partial charge in [-0.2, -0.15) is 0 Å². The SMILES string of the molecule is COC(=O)c1cc(F)cc2[nH]c(-c3ccc(C4(C)CCCN4C(=O)OC(C)(C)C)cc3)c(C=O)c12. The quantitative estimate of drug-likeness (QED) is 0.376. The number of fused-ring (bicyclic) bond motifs is 1. The Labute approximate surface area is 203 Å². The first-order valence-corrected chi connectivity index (χ1v) is 11.5. The molecule has 1 atom stereocenters. The van der Waals surface area contributed by atoms with Gasteiger partial charge in [-0.1, -0.05) is 24.3 Å². The summed E-state index contributed by atoms with van der Waals surface area (Å²) in [7, 11) is 1.20. The summed E-state index contributed by atoms with van der Waals surface area (Å²) in [6, 6.07) is 9.83. The first kappa shape index (κ1) is 24.4. The van der Waals surface area contributed by atoms with Crippen LogP contribution in [0, 0.1) is 5.82 Å². The summed E-state index contributed by atoms with van der Waals surface area (Å²) >= 11 is 0. The van der Waals surface area contributed by atoms with Gasteiger partial charge in [0.05, 0.1) is 29.4 Å². The molecule has 0 spiro atoms. The van der Waals surface area contributed by atoms with Gasteiger partial charge in [-0.15, -0.1) is 0 Å². The fourth-order valence-electron chi connectivity index (χ4n) is 4.81. The third-order valence-electron chi connectivity index (χ3n) is 6.48. The maximum absolute atomic E-state index is 14.2. The van der Waals surface area contributed by atoms with Crippen molar-refractivity contribution in [1.82, 2.24) is 9.88 Å². The van der Waals surface area contributed by atoms with Crippen LogP contribution in [0.15, 0.2) is 36.4 Å². The molecule has 1 amide bonds. The lowest BCUT2D eigenvalue weighted by atomic mass is 9.88. The second kappa shape index (κ2) is 8.83. The van der Waals surface area contributed by atoms with Crippen molar-refractivity contribution < 1.29 is 28.2 Å². The number of methoxy groups -OCH3 is 1. The molecule has 2 aromatic carbocycles. The van der Waals surface area contributed by atoms with Gasteiger partial charge in [0.2, 0.25) is 0 Å². The molecule has 1 aromatic heterocycles. The van der Waals surface area contributed by atoms with E-state index in [9.17, 15) is 18.8 Å². The van der Waals surface area contributed by atoms with Crippen LogP contribution in [-0.4, -0.2) is 47.5 Å². The van der Waals surface area contributed by atoms with E-state index in [1.54, 1.807) is 4.90 Å². The molecule has 0 aliphatic carbocycles. The van der Waals surface area contributed by atoms with Gasteiger partial charge in [0.1, 0.15) is 11.4 Å². The molecule has 184 valence electrons. The van der Waals surface area contributed by atoms with Gasteiger partial charge in [-0.05, 0) is 63.8 Å². The topological polar surface area (TPSA) is 88.7 Å². The van der Waals surface area contributed by atoms with E-state index in [0.29, 0.717) is 35.0 Å². The maximum atomic E-state index is 14.2. The molecule has 0 bridgehead atoms. The maximum Gasteiger partial charge on any atom is 0.411 e. The highest BCUT2D eigenvalue weighted by Gasteiger charge is 2.42. The Morgan fingerprint density at radius 2 is 1.86 bits per heavy atom. The van der Waals surface area contributed by atoms with Crippen molar-refractivity contribution in [3.8, 4) is 11.3 Å². The fourth-order valence-corrected chi connectivity index (χ4v) is 4.81. The van der Waals surface area contributed by atoms with E-state index < -0.39 is 22.9 Å². The lowest BCUT2D eigenvalue weighted by molar-refractivity contribution is 0.00991. The summed E-state index contributed by atoms with van der Waals surface area (Å²) < 4.78 is 24.6. The first-order chi connectivity index (χ1) is 16.5. The zero-order valence-electron chi connectivity index (χ0n) is 20.5. The Hall–Kier alpha value is -3.68. The molecule has 1 fully saturated rings. The van der Waals surface area contributed by atoms with Gasteiger partial charge < -0.3 is 14.5 Å². The number of esters is 1. The summed E-state index contributed by atoms with van der Waals surface area (Å²) in [5, 5.41) is 0.311. The highest BCUT2D eigenvalue weighted by molar-refractivity contribution is 6.13. The van der Waals surface area contributed by atoms with Gasteiger partial charge in [-0.25, -0.2) is 14.0 Å². The largest absolute Gasteiger partial charge is 0.465 e. The molecular weight excluding hydrogens is 451 g/mol. The zero-order valence-corrected chi connectivity index (χ0v) is 20.5. The number of rotatable bonds is 4. The highest BCUT2D eigenvalue weighted by atomic mass is 19.1. The Kier molecular flexibility index (Phi) is 6.17. The number of carbonyl (C=O) groups is 3. The lowest BCUT2D eigenvalue weighted by Gasteiger charge is -2.37. The number of hydrogen-bond donors (Lipinski definition) is 1. The normalized spacial score (nSPS) is 18.1. The van der Waals surface area contributed by atoms with Gasteiger partial charge in [0.25, 0.3) is 0 Å². The van der Waals surface area contributed by atoms with E-state index in [-0.39, 0.29) is 17.2 Å². The lowest BCUT2D eigenvalue weighted by Crippen LogP contribution is -2.45. The number of aldehydes is 1. The summed E-state index contributed by atoms with van der Waals surface area (Å²) in [6.45, 7) is 8.15. The summed E-state index contributed by atoms with van der Waals surface area (Å²) in [5.74, 6) is -1.34. The molecule has 7 nitrogen and oxygen atoms in total. The summed E-state index contributed by atoms with van der Waals surface area (Å²) in [5.41, 5.74) is 1.53. The zero-order chi connectivity index (χ0) is 25.5. The summed E-state index contributed by atoms with van der Waals surface area (Å²) in [6.07, 6.45) is 1.95. The average molecular weight is 481 g/mol. The molecule has 1 unspecified atom stereocenters. The summed E-state index contributed by atoms with van der Waals surface area (Å²) in [4.78, 5) is 42.0. The van der Waals surface area contributed by atoms with Crippen molar-refractivity contribution in [1.29, 1.82) is 0 Å². The van der Waals surface area contributed by atoms with Crippen LogP contribution in [-0.2, 0) is 15.0 Å². The van der Waals surface area contributed by atoms with Gasteiger partial charge >= 0.3 is 12.1 Å². The van der Waals surface area contributed by atoms with E-state index in [1.807, 2.05) is 52.0 Å². The molecule has 1 aliphatic rings. The van der Waals surface area contributed by atoms with Gasteiger partial charge in [0, 0.05) is 17.5 Å². The van der Waals surface area contributed by atoms with Crippen molar-refractivity contribution in [2.24, 2.45) is 0 Å². The Morgan fingerprint density at radius 3 is 2.46 bits per heavy atom. The Morgan fingerprint density at radius 1 is 1.17 bits per heavy atom. The van der Waals surface area contributed by atoms with Gasteiger partial charge in [-0.3, -0.25) is 9.69 Å². The van der Waals surface area contributed by atoms with Crippen LogP contribution in [0.5, 0.6) is 0 Å². The van der Waals surface area contributed by atoms with Crippen LogP contribution >= 0.6 is 0 Å². The molecule has 1 saturated heterocycles. The minimum absolute atomic E-state index is 0.0183. The van der Waals surface area contributed by atoms with Crippen LogP contribution in [0.2, 0.25) is 0 Å². The number of benzene rings is 2. The second-order valence-corrected chi connectivity index (χ2v) is 9.99. The van der Waals surface area contributed by atoms with E-state index in [2.05, 4.69) is 4.98 Å². The number of ether oxygens (including phenoxy) is 2. The average Bonchev–Trinajstić information content (AvgIpc) is 3.38. The third-order valence-corrected chi connectivity index (χ3v) is 6.48. The van der Waals surface area contributed by atoms with Crippen molar-refractivity contribution in [2.45, 2.75) is 51.7 Å². The van der Waals surface area contributed by atoms with E-state index in [0.717, 1.165) is 24.5 Å². The Bertz CT molecular complexity index is 1310. The van der Waals surface area contributed by atoms with Crippen LogP contribution < -0.4 is 0 Å². The minimum Gasteiger partial charge on any atom is -0.465 e. The predicted molar refractivity (Wildman–Crippen MR) is 130 cm³/mol. The molecule has 1 aliphatic heterocycles. The smallest absolute Gasteiger partial charge is 0.411 e. The Balaban J connectivity index is 1.74. The standard InChI is InChI=1S/C27H29FN2O5/c1-26(2,3)35-25(33)30-12-6-11-27(30,4)17-9-7-16(8-10-17)23-20(15-31)22-19(24(32)34-5)13-18(28)14-21(22)29-23/h7-10,13-15,29H,6,11-12H2,1-5H3. The van der Waals surface area contributed by atoms with E-state index >= 15 is 0 Å². The number of likely N-dealkylation sites (tertiary alicyclic amines) is 1. The number of H-pyrrole nitrogens is 1. The van der Waals surface area contributed by atoms with Crippen LogP contribution in [0.1, 0.15) is 66.8 Å². The molecule has 0 saturated carbocycles. The van der Waals surface area contributed by atoms with Crippen molar-refractivity contribution in [3.63, 3.8) is 0 Å². The number of hydrogen-bond acceptors (Lipinski definition) is 5. The van der Waals surface area contributed by atoms with Crippen molar-refractivity contribution in [3.05, 3.63) is 58.9 Å². The molecule has 3 aromatic rings. The number of nitrogens with one attached hydrogen (secondary N) is 1. The van der Waals surface area contributed by atoms with Crippen LogP contribution in [0.3, 0.4) is 0 Å². The number of halogens is 1. The molecule has 2 heterocycles. The number of carbonyl (C=O) groups excluding carboxylic acids is 3. The van der Waals surface area contributed by atoms with Crippen molar-refractivity contribution >= 4 is 29.3 Å². The molecule has 35 heavy (non-hydrogen) atoms.